The number of nitrogens with two attached hydrogens (primary N) is 1. The number of aromatic nitrogens is 1. The van der Waals surface area contributed by atoms with Crippen molar-refractivity contribution >= 4 is 17.6 Å². The van der Waals surface area contributed by atoms with Gasteiger partial charge in [0.05, 0.1) is 0 Å². The van der Waals surface area contributed by atoms with Crippen molar-refractivity contribution in [2.45, 2.75) is 20.3 Å². The molecule has 3 rings (SSSR count). The first kappa shape index (κ1) is 21.0. The van der Waals surface area contributed by atoms with E-state index < -0.39 is 6.03 Å². The van der Waals surface area contributed by atoms with Crippen LogP contribution < -0.4 is 21.9 Å². The second-order valence-electron chi connectivity index (χ2n) is 7.27. The summed E-state index contributed by atoms with van der Waals surface area (Å²) in [4.78, 5) is 25.0. The van der Waals surface area contributed by atoms with E-state index in [1.54, 1.807) is 0 Å². The van der Waals surface area contributed by atoms with Crippen molar-refractivity contribution in [2.75, 3.05) is 11.9 Å². The van der Waals surface area contributed by atoms with Crippen LogP contribution in [0.3, 0.4) is 0 Å². The molecule has 7 heteroatoms. The van der Waals surface area contributed by atoms with Crippen molar-refractivity contribution < 1.29 is 9.32 Å². The van der Waals surface area contributed by atoms with Gasteiger partial charge in [0.1, 0.15) is 5.56 Å². The number of carbonyl (C=O) groups is 1. The van der Waals surface area contributed by atoms with Crippen LogP contribution in [0, 0.1) is 13.8 Å². The summed E-state index contributed by atoms with van der Waals surface area (Å²) in [7, 11) is 1.51. The van der Waals surface area contributed by atoms with E-state index in [-0.39, 0.29) is 11.4 Å². The quantitative estimate of drug-likeness (QED) is 0.582. The first-order valence-electron chi connectivity index (χ1n) is 9.62. The van der Waals surface area contributed by atoms with Gasteiger partial charge in [0.2, 0.25) is 5.88 Å². The fourth-order valence-corrected chi connectivity index (χ4v) is 3.16. The zero-order chi connectivity index (χ0) is 21.8. The third-order valence-corrected chi connectivity index (χ3v) is 4.87. The van der Waals surface area contributed by atoms with Crippen molar-refractivity contribution in [3.05, 3.63) is 81.7 Å². The molecule has 0 unspecified atom stereocenters. The second-order valence-corrected chi connectivity index (χ2v) is 7.27. The number of urea groups is 1. The summed E-state index contributed by atoms with van der Waals surface area (Å²) in [6, 6.07) is 13.1. The average molecular weight is 406 g/mol. The van der Waals surface area contributed by atoms with Gasteiger partial charge in [-0.1, -0.05) is 54.6 Å². The molecule has 2 aromatic carbocycles. The molecule has 4 N–H and O–H groups in total. The first-order valence-corrected chi connectivity index (χ1v) is 9.62. The van der Waals surface area contributed by atoms with Crippen LogP contribution in [0.5, 0.6) is 0 Å². The van der Waals surface area contributed by atoms with Crippen LogP contribution in [0.25, 0.3) is 16.8 Å². The van der Waals surface area contributed by atoms with Gasteiger partial charge in [-0.25, -0.2) is 4.79 Å². The number of hydrogen-bond donors (Lipinski definition) is 3. The molecule has 0 saturated carbocycles. The highest BCUT2D eigenvalue weighted by molar-refractivity contribution is 5.92. The predicted molar refractivity (Wildman–Crippen MR) is 119 cm³/mol. The summed E-state index contributed by atoms with van der Waals surface area (Å²) >= 11 is 0. The van der Waals surface area contributed by atoms with Crippen molar-refractivity contribution in [1.82, 2.24) is 10.1 Å². The molecule has 0 radical (unpaired) electrons. The van der Waals surface area contributed by atoms with E-state index in [4.69, 9.17) is 10.3 Å². The molecule has 3 aromatic rings. The predicted octanol–water partition coefficient (Wildman–Crippen LogP) is 3.56. The van der Waals surface area contributed by atoms with Gasteiger partial charge in [-0.15, -0.1) is 0 Å². The zero-order valence-corrected chi connectivity index (χ0v) is 17.4. The van der Waals surface area contributed by atoms with E-state index in [2.05, 4.69) is 17.2 Å². The Morgan fingerprint density at radius 1 is 1.17 bits per heavy atom. The smallest absolute Gasteiger partial charge is 0.321 e. The van der Waals surface area contributed by atoms with E-state index in [0.717, 1.165) is 32.6 Å². The maximum Gasteiger partial charge on any atom is 0.321 e. The zero-order valence-electron chi connectivity index (χ0n) is 17.4. The van der Waals surface area contributed by atoms with Crippen molar-refractivity contribution in [3.63, 3.8) is 0 Å². The highest BCUT2D eigenvalue weighted by Crippen LogP contribution is 2.28. The molecule has 7 nitrogen and oxygen atoms in total. The molecule has 0 saturated heterocycles. The van der Waals surface area contributed by atoms with Gasteiger partial charge in [0.25, 0.3) is 5.56 Å². The topological polar surface area (TPSA) is 102 Å². The number of anilines is 1. The number of nitrogens with one attached hydrogen (secondary N) is 2. The third-order valence-electron chi connectivity index (χ3n) is 4.87. The molecule has 156 valence electrons. The van der Waals surface area contributed by atoms with E-state index >= 15 is 0 Å². The second kappa shape index (κ2) is 8.73. The Morgan fingerprint density at radius 3 is 2.53 bits per heavy atom. The summed E-state index contributed by atoms with van der Waals surface area (Å²) < 4.78 is 6.59. The minimum Gasteiger partial charge on any atom is -0.399 e. The maximum absolute atomic E-state index is 12.6. The Morgan fingerprint density at radius 2 is 1.87 bits per heavy atom. The van der Waals surface area contributed by atoms with Crippen molar-refractivity contribution in [2.24, 2.45) is 12.8 Å². The van der Waals surface area contributed by atoms with Crippen molar-refractivity contribution in [1.29, 1.82) is 0 Å². The molecule has 0 fully saturated rings. The number of rotatable bonds is 6. The third kappa shape index (κ3) is 4.63. The molecule has 0 aliphatic heterocycles. The average Bonchev–Trinajstić information content (AvgIpc) is 2.97. The molecule has 30 heavy (non-hydrogen) atoms. The maximum atomic E-state index is 12.6. The molecule has 0 aliphatic carbocycles. The summed E-state index contributed by atoms with van der Waals surface area (Å²) in [5.41, 5.74) is 10.8. The van der Waals surface area contributed by atoms with E-state index in [1.165, 1.54) is 7.05 Å². The fraction of sp³-hybridized carbons (Fsp3) is 0.217. The Hall–Kier alpha value is -3.74. The molecule has 0 bridgehead atoms. The molecule has 2 amide bonds. The molecule has 1 heterocycles. The van der Waals surface area contributed by atoms with Crippen LogP contribution in [-0.2, 0) is 13.5 Å². The number of hydrogen-bond acceptors (Lipinski definition) is 4. The van der Waals surface area contributed by atoms with E-state index in [0.29, 0.717) is 24.2 Å². The Labute approximate surface area is 175 Å². The van der Waals surface area contributed by atoms with E-state index in [1.807, 2.05) is 56.3 Å². The van der Waals surface area contributed by atoms with Crippen LogP contribution in [-0.4, -0.2) is 17.3 Å². The molecule has 0 aliphatic rings. The van der Waals surface area contributed by atoms with Gasteiger partial charge in [0.15, 0.2) is 0 Å². The number of carbonyl (C=O) groups excluding carboxylic acids is 1. The Balaban J connectivity index is 1.68. The highest BCUT2D eigenvalue weighted by atomic mass is 16.5. The summed E-state index contributed by atoms with van der Waals surface area (Å²) in [5, 5.41) is 5.45. The minimum atomic E-state index is -0.442. The molecular weight excluding hydrogens is 380 g/mol. The first-order chi connectivity index (χ1) is 14.3. The lowest BCUT2D eigenvalue weighted by atomic mass is 10.0. The van der Waals surface area contributed by atoms with E-state index in [9.17, 15) is 9.59 Å². The van der Waals surface area contributed by atoms with Gasteiger partial charge in [-0.2, -0.15) is 4.74 Å². The lowest BCUT2D eigenvalue weighted by Crippen LogP contribution is -2.30. The fourth-order valence-electron chi connectivity index (χ4n) is 3.16. The lowest BCUT2D eigenvalue weighted by Gasteiger charge is -2.09. The normalized spacial score (nSPS) is 10.6. The largest absolute Gasteiger partial charge is 0.399 e. The monoisotopic (exact) mass is 406 g/mol. The van der Waals surface area contributed by atoms with Crippen LogP contribution in [0.4, 0.5) is 10.7 Å². The Kier molecular flexibility index (Phi) is 6.11. The van der Waals surface area contributed by atoms with Gasteiger partial charge < -0.3 is 15.6 Å². The van der Waals surface area contributed by atoms with Crippen LogP contribution in [0.1, 0.15) is 22.3 Å². The number of aryl methyl sites for hydroxylation is 3. The summed E-state index contributed by atoms with van der Waals surface area (Å²) in [6.07, 6.45) is 0.646. The summed E-state index contributed by atoms with van der Waals surface area (Å²) in [6.45, 7) is 7.99. The van der Waals surface area contributed by atoms with Gasteiger partial charge in [-0.05, 0) is 42.5 Å². The minimum absolute atomic E-state index is 0.125. The highest BCUT2D eigenvalue weighted by Gasteiger charge is 2.21. The van der Waals surface area contributed by atoms with Gasteiger partial charge in [-0.3, -0.25) is 10.1 Å². The summed E-state index contributed by atoms with van der Waals surface area (Å²) in [5.74, 6) is 0.125. The van der Waals surface area contributed by atoms with Gasteiger partial charge >= 0.3 is 6.03 Å². The molecule has 0 spiro atoms. The number of nitrogens with zero attached hydrogens (tertiary/aromatic N) is 1. The van der Waals surface area contributed by atoms with Crippen LogP contribution in [0.2, 0.25) is 0 Å². The number of benzene rings is 2. The molecule has 0 atom stereocenters. The Bertz CT molecular complexity index is 1140. The SMILES string of the molecule is C=C(N)c1ccc(CCNC(=O)Nc2on(C)c(=O)c2-c2cc(C)ccc2C)cc1. The number of amides is 2. The van der Waals surface area contributed by atoms with Crippen molar-refractivity contribution in [3.8, 4) is 11.1 Å². The molecule has 1 aromatic heterocycles. The van der Waals surface area contributed by atoms with Crippen LogP contribution in [0.15, 0.2) is 58.4 Å². The van der Waals surface area contributed by atoms with Crippen LogP contribution >= 0.6 is 0 Å². The molecular formula is C23H26N4O3. The van der Waals surface area contributed by atoms with Gasteiger partial charge in [0, 0.05) is 19.3 Å². The standard InChI is InChI=1S/C23H26N4O3/c1-14-5-6-15(2)19(13-14)20-21(30-27(4)22(20)28)26-23(29)25-12-11-17-7-9-18(10-8-17)16(3)24/h5-10,13H,3,11-12,24H2,1-2,4H3,(H2,25,26,29). The lowest BCUT2D eigenvalue weighted by molar-refractivity contribution is 0.250.